The van der Waals surface area contributed by atoms with Crippen LogP contribution in [0.1, 0.15) is 13.3 Å². The Morgan fingerprint density at radius 1 is 1.75 bits per heavy atom. The van der Waals surface area contributed by atoms with Gasteiger partial charge >= 0.3 is 5.97 Å². The van der Waals surface area contributed by atoms with Gasteiger partial charge < -0.3 is 16.2 Å². The zero-order valence-corrected chi connectivity index (χ0v) is 7.55. The number of nitrogens with two attached hydrogens (primary N) is 1. The Morgan fingerprint density at radius 2 is 2.25 bits per heavy atom. The molecule has 0 fully saturated rings. The van der Waals surface area contributed by atoms with Gasteiger partial charge in [0.1, 0.15) is 0 Å². The fourth-order valence-electron chi connectivity index (χ4n) is 0.404. The maximum atomic E-state index is 9.25. The van der Waals surface area contributed by atoms with Crippen LogP contribution in [0.15, 0.2) is 12.7 Å². The molecule has 0 aliphatic carbocycles. The first-order valence-electron chi connectivity index (χ1n) is 3.95. The van der Waals surface area contributed by atoms with Gasteiger partial charge in [0.05, 0.1) is 0 Å². The molecule has 4 nitrogen and oxygen atoms in total. The number of rotatable bonds is 5. The van der Waals surface area contributed by atoms with Crippen LogP contribution in [0.4, 0.5) is 0 Å². The zero-order valence-electron chi connectivity index (χ0n) is 7.55. The van der Waals surface area contributed by atoms with Crippen LogP contribution in [0.5, 0.6) is 0 Å². The van der Waals surface area contributed by atoms with Gasteiger partial charge in [0, 0.05) is 6.08 Å². The Balaban J connectivity index is 0. The first kappa shape index (κ1) is 13.7. The predicted molar refractivity (Wildman–Crippen MR) is 50.0 cm³/mol. The number of nitrogens with one attached hydrogen (secondary N) is 1. The number of carboxylic acid groups (broad SMARTS) is 1. The van der Waals surface area contributed by atoms with Crippen LogP contribution in [0.2, 0.25) is 0 Å². The van der Waals surface area contributed by atoms with Gasteiger partial charge in [-0.2, -0.15) is 0 Å². The highest BCUT2D eigenvalue weighted by Crippen LogP contribution is 1.66. The third-order valence-electron chi connectivity index (χ3n) is 0.982. The van der Waals surface area contributed by atoms with E-state index in [0.29, 0.717) is 0 Å². The van der Waals surface area contributed by atoms with Gasteiger partial charge in [-0.25, -0.2) is 4.79 Å². The Kier molecular flexibility index (Phi) is 14.6. The second-order valence-electron chi connectivity index (χ2n) is 2.04. The summed E-state index contributed by atoms with van der Waals surface area (Å²) >= 11 is 0. The molecule has 0 aromatic heterocycles. The summed E-state index contributed by atoms with van der Waals surface area (Å²) in [6, 6.07) is 0. The molecule has 0 unspecified atom stereocenters. The molecule has 0 saturated carbocycles. The zero-order chi connectivity index (χ0) is 9.82. The van der Waals surface area contributed by atoms with Gasteiger partial charge in [-0.1, -0.05) is 13.5 Å². The topological polar surface area (TPSA) is 75.3 Å². The number of aliphatic carboxylic acids is 1. The normalized spacial score (nSPS) is 8.17. The van der Waals surface area contributed by atoms with Gasteiger partial charge in [0.25, 0.3) is 0 Å². The quantitative estimate of drug-likeness (QED) is 0.411. The van der Waals surface area contributed by atoms with Crippen molar-refractivity contribution in [3.8, 4) is 0 Å². The van der Waals surface area contributed by atoms with Crippen LogP contribution in [0, 0.1) is 0 Å². The lowest BCUT2D eigenvalue weighted by molar-refractivity contribution is -0.131. The first-order chi connectivity index (χ1) is 5.68. The summed E-state index contributed by atoms with van der Waals surface area (Å²) in [4.78, 5) is 9.25. The molecule has 4 heteroatoms. The Labute approximate surface area is 73.5 Å². The SMILES string of the molecule is C=CC(=O)O.CCNCCCN. The summed E-state index contributed by atoms with van der Waals surface area (Å²) in [7, 11) is 0. The Morgan fingerprint density at radius 3 is 2.50 bits per heavy atom. The highest BCUT2D eigenvalue weighted by atomic mass is 16.4. The molecule has 0 aliphatic rings. The van der Waals surface area contributed by atoms with Gasteiger partial charge in [-0.15, -0.1) is 0 Å². The summed E-state index contributed by atoms with van der Waals surface area (Å²) in [6.45, 7) is 7.97. The third-order valence-corrected chi connectivity index (χ3v) is 0.982. The first-order valence-corrected chi connectivity index (χ1v) is 3.95. The maximum absolute atomic E-state index is 9.25. The second kappa shape index (κ2) is 12.8. The molecular formula is C8H18N2O2. The third kappa shape index (κ3) is 22.9. The van der Waals surface area contributed by atoms with Crippen molar-refractivity contribution in [2.45, 2.75) is 13.3 Å². The van der Waals surface area contributed by atoms with E-state index in [9.17, 15) is 4.79 Å². The van der Waals surface area contributed by atoms with Crippen LogP contribution < -0.4 is 11.1 Å². The minimum atomic E-state index is -0.981. The van der Waals surface area contributed by atoms with Crippen molar-refractivity contribution < 1.29 is 9.90 Å². The van der Waals surface area contributed by atoms with Crippen molar-refractivity contribution in [2.75, 3.05) is 19.6 Å². The smallest absolute Gasteiger partial charge is 0.327 e. The molecule has 0 aromatic carbocycles. The average molecular weight is 174 g/mol. The molecule has 12 heavy (non-hydrogen) atoms. The molecule has 0 radical (unpaired) electrons. The molecule has 0 atom stereocenters. The molecule has 0 aromatic rings. The van der Waals surface area contributed by atoms with E-state index < -0.39 is 5.97 Å². The van der Waals surface area contributed by atoms with Crippen molar-refractivity contribution in [1.82, 2.24) is 5.32 Å². The Hall–Kier alpha value is -0.870. The molecule has 72 valence electrons. The van der Waals surface area contributed by atoms with Gasteiger partial charge in [0.15, 0.2) is 0 Å². The molecule has 0 heterocycles. The molecule has 0 spiro atoms. The number of hydrogen-bond acceptors (Lipinski definition) is 3. The van der Waals surface area contributed by atoms with E-state index in [2.05, 4.69) is 18.8 Å². The van der Waals surface area contributed by atoms with Crippen molar-refractivity contribution in [2.24, 2.45) is 5.73 Å². The summed E-state index contributed by atoms with van der Waals surface area (Å²) in [5, 5.41) is 10.8. The highest BCUT2D eigenvalue weighted by Gasteiger charge is 1.77. The monoisotopic (exact) mass is 174 g/mol. The van der Waals surface area contributed by atoms with Crippen LogP contribution in [-0.4, -0.2) is 30.7 Å². The van der Waals surface area contributed by atoms with E-state index in [-0.39, 0.29) is 0 Å². The Bertz CT molecular complexity index is 112. The van der Waals surface area contributed by atoms with Crippen LogP contribution in [0.25, 0.3) is 0 Å². The van der Waals surface area contributed by atoms with Gasteiger partial charge in [-0.05, 0) is 26.1 Å². The minimum absolute atomic E-state index is 0.799. The van der Waals surface area contributed by atoms with Crippen LogP contribution in [0.3, 0.4) is 0 Å². The van der Waals surface area contributed by atoms with E-state index in [0.717, 1.165) is 32.1 Å². The van der Waals surface area contributed by atoms with E-state index in [1.165, 1.54) is 0 Å². The van der Waals surface area contributed by atoms with E-state index in [1.54, 1.807) is 0 Å². The lowest BCUT2D eigenvalue weighted by Crippen LogP contribution is -2.17. The number of hydrogen-bond donors (Lipinski definition) is 3. The van der Waals surface area contributed by atoms with Crippen LogP contribution >= 0.6 is 0 Å². The lowest BCUT2D eigenvalue weighted by atomic mass is 10.4. The van der Waals surface area contributed by atoms with Crippen molar-refractivity contribution >= 4 is 5.97 Å². The van der Waals surface area contributed by atoms with E-state index >= 15 is 0 Å². The highest BCUT2D eigenvalue weighted by molar-refractivity contribution is 5.78. The standard InChI is InChI=1S/C5H14N2.C3H4O2/c1-2-7-5-3-4-6;1-2-3(4)5/h7H,2-6H2,1H3;2H,1H2,(H,4,5). The van der Waals surface area contributed by atoms with Crippen molar-refractivity contribution in [3.63, 3.8) is 0 Å². The minimum Gasteiger partial charge on any atom is -0.478 e. The molecule has 0 saturated heterocycles. The lowest BCUT2D eigenvalue weighted by Gasteiger charge is -1.95. The molecular weight excluding hydrogens is 156 g/mol. The van der Waals surface area contributed by atoms with Gasteiger partial charge in [0.2, 0.25) is 0 Å². The molecule has 0 amide bonds. The molecule has 0 bridgehead atoms. The van der Waals surface area contributed by atoms with Crippen molar-refractivity contribution in [3.05, 3.63) is 12.7 Å². The van der Waals surface area contributed by atoms with E-state index in [1.807, 2.05) is 0 Å². The molecule has 0 aliphatic heterocycles. The summed E-state index contributed by atoms with van der Waals surface area (Å²) in [5.41, 5.74) is 5.23. The second-order valence-corrected chi connectivity index (χ2v) is 2.04. The maximum Gasteiger partial charge on any atom is 0.327 e. The van der Waals surface area contributed by atoms with Crippen LogP contribution in [-0.2, 0) is 4.79 Å². The largest absolute Gasteiger partial charge is 0.478 e. The summed E-state index contributed by atoms with van der Waals surface area (Å²) in [6.07, 6.45) is 1.92. The molecule has 4 N–H and O–H groups in total. The van der Waals surface area contributed by atoms with Crippen molar-refractivity contribution in [1.29, 1.82) is 0 Å². The summed E-state index contributed by atoms with van der Waals surface area (Å²) in [5.74, 6) is -0.981. The molecule has 0 rings (SSSR count). The fourth-order valence-corrected chi connectivity index (χ4v) is 0.404. The number of carbonyl (C=O) groups is 1. The fraction of sp³-hybridized carbons (Fsp3) is 0.625. The summed E-state index contributed by atoms with van der Waals surface area (Å²) < 4.78 is 0. The average Bonchev–Trinajstić information content (AvgIpc) is 2.07. The van der Waals surface area contributed by atoms with E-state index in [4.69, 9.17) is 10.8 Å². The predicted octanol–water partition coefficient (Wildman–Crippen LogP) is 0.202. The number of carboxylic acids is 1. The van der Waals surface area contributed by atoms with Gasteiger partial charge in [-0.3, -0.25) is 0 Å².